The van der Waals surface area contributed by atoms with E-state index in [1.807, 2.05) is 18.2 Å². The molecular weight excluding hydrogens is 468 g/mol. The van der Waals surface area contributed by atoms with E-state index in [1.165, 1.54) is 0 Å². The third kappa shape index (κ3) is 3.72. The monoisotopic (exact) mass is 494 g/mol. The second-order valence-corrected chi connectivity index (χ2v) is 10.4. The van der Waals surface area contributed by atoms with Crippen LogP contribution in [0.4, 0.5) is 11.4 Å². The van der Waals surface area contributed by atoms with Crippen LogP contribution in [0.25, 0.3) is 11.3 Å². The number of ether oxygens (including phenoxy) is 3. The summed E-state index contributed by atoms with van der Waals surface area (Å²) in [7, 11) is 1.57. The first-order valence-electron chi connectivity index (χ1n) is 11.7. The molecule has 1 saturated heterocycles. The fraction of sp³-hybridized carbons (Fsp3) is 0.385. The van der Waals surface area contributed by atoms with Gasteiger partial charge in [0.1, 0.15) is 12.4 Å². The topological polar surface area (TPSA) is 97.5 Å². The maximum absolute atomic E-state index is 13.1. The molecule has 1 amide bonds. The number of methoxy groups -OCH3 is 1. The van der Waals surface area contributed by atoms with Gasteiger partial charge in [0.2, 0.25) is 0 Å². The van der Waals surface area contributed by atoms with Crippen molar-refractivity contribution in [2.75, 3.05) is 25.6 Å². The average molecular weight is 495 g/mol. The first-order chi connectivity index (χ1) is 16.9. The van der Waals surface area contributed by atoms with Gasteiger partial charge >= 0.3 is 0 Å². The maximum Gasteiger partial charge on any atom is 0.255 e. The van der Waals surface area contributed by atoms with E-state index in [-0.39, 0.29) is 29.4 Å². The molecule has 0 bridgehead atoms. The van der Waals surface area contributed by atoms with Gasteiger partial charge in [0.25, 0.3) is 5.91 Å². The third-order valence-corrected chi connectivity index (χ3v) is 7.43. The van der Waals surface area contributed by atoms with Gasteiger partial charge in [-0.25, -0.2) is 0 Å². The van der Waals surface area contributed by atoms with Gasteiger partial charge in [0, 0.05) is 34.8 Å². The number of rotatable bonds is 7. The molecule has 3 N–H and O–H groups in total. The number of amides is 1. The number of fused-ring (bicyclic) bond motifs is 3. The highest BCUT2D eigenvalue weighted by atomic mass is 35.5. The molecule has 1 saturated carbocycles. The summed E-state index contributed by atoms with van der Waals surface area (Å²) in [4.78, 5) is 21.0. The molecule has 182 valence electrons. The summed E-state index contributed by atoms with van der Waals surface area (Å²) in [6.45, 7) is 5.47. The Morgan fingerprint density at radius 3 is 2.91 bits per heavy atom. The van der Waals surface area contributed by atoms with E-state index in [9.17, 15) is 4.79 Å². The van der Waals surface area contributed by atoms with Crippen LogP contribution in [0.5, 0.6) is 11.5 Å². The number of pyridine rings is 1. The zero-order valence-electron chi connectivity index (χ0n) is 19.8. The fourth-order valence-electron chi connectivity index (χ4n) is 4.90. The molecule has 8 nitrogen and oxygen atoms in total. The van der Waals surface area contributed by atoms with E-state index in [4.69, 9.17) is 25.8 Å². The second-order valence-electron chi connectivity index (χ2n) is 10.0. The van der Waals surface area contributed by atoms with Crippen molar-refractivity contribution in [3.63, 3.8) is 0 Å². The Kier molecular flexibility index (Phi) is 5.19. The summed E-state index contributed by atoms with van der Waals surface area (Å²) in [5, 5.41) is 7.02. The molecule has 4 heterocycles. The van der Waals surface area contributed by atoms with Gasteiger partial charge in [-0.2, -0.15) is 0 Å². The number of aromatic amines is 1. The normalized spacial score (nSPS) is 23.4. The van der Waals surface area contributed by atoms with Crippen molar-refractivity contribution < 1.29 is 19.0 Å². The number of hydrogen-bond donors (Lipinski definition) is 3. The van der Waals surface area contributed by atoms with Crippen molar-refractivity contribution in [3.05, 3.63) is 52.9 Å². The number of carbonyl (C=O) groups excluding carboxylic acids is 1. The number of nitrogens with one attached hydrogen (secondary N) is 3. The molecule has 0 spiro atoms. The third-order valence-electron chi connectivity index (χ3n) is 7.14. The van der Waals surface area contributed by atoms with E-state index in [0.717, 1.165) is 30.0 Å². The molecule has 2 aromatic heterocycles. The molecule has 3 aromatic rings. The van der Waals surface area contributed by atoms with Gasteiger partial charge < -0.3 is 29.8 Å². The van der Waals surface area contributed by atoms with Crippen LogP contribution in [0.1, 0.15) is 42.2 Å². The van der Waals surface area contributed by atoms with Crippen molar-refractivity contribution >= 4 is 28.9 Å². The highest BCUT2D eigenvalue weighted by molar-refractivity contribution is 6.32. The van der Waals surface area contributed by atoms with Gasteiger partial charge in [-0.1, -0.05) is 31.5 Å². The van der Waals surface area contributed by atoms with Crippen LogP contribution in [-0.2, 0) is 4.74 Å². The van der Waals surface area contributed by atoms with Crippen molar-refractivity contribution in [3.8, 4) is 22.8 Å². The molecule has 35 heavy (non-hydrogen) atoms. The molecule has 9 heteroatoms. The smallest absolute Gasteiger partial charge is 0.255 e. The minimum Gasteiger partial charge on any atom is -0.493 e. The van der Waals surface area contributed by atoms with Crippen molar-refractivity contribution in [2.24, 2.45) is 5.41 Å². The van der Waals surface area contributed by atoms with E-state index >= 15 is 0 Å². The number of para-hydroxylation sites is 1. The predicted molar refractivity (Wildman–Crippen MR) is 133 cm³/mol. The lowest BCUT2D eigenvalue weighted by Crippen LogP contribution is -2.50. The summed E-state index contributed by atoms with van der Waals surface area (Å²) in [5.41, 5.74) is 4.49. The minimum absolute atomic E-state index is 0.0127. The summed E-state index contributed by atoms with van der Waals surface area (Å²) >= 11 is 6.37. The Bertz CT molecular complexity index is 1320. The Labute approximate surface area is 208 Å². The van der Waals surface area contributed by atoms with Gasteiger partial charge in [0.15, 0.2) is 5.75 Å². The number of carbonyl (C=O) groups is 1. The Hall–Kier alpha value is -3.23. The number of benzene rings is 1. The maximum atomic E-state index is 13.1. The highest BCUT2D eigenvalue weighted by Gasteiger charge is 2.48. The molecule has 0 radical (unpaired) electrons. The van der Waals surface area contributed by atoms with Crippen molar-refractivity contribution in [1.82, 2.24) is 15.3 Å². The summed E-state index contributed by atoms with van der Waals surface area (Å²) in [6, 6.07) is 7.54. The number of nitrogens with zero attached hydrogens (tertiary/aromatic N) is 1. The lowest BCUT2D eigenvalue weighted by Gasteiger charge is -2.43. The molecule has 3 atom stereocenters. The summed E-state index contributed by atoms with van der Waals surface area (Å²) < 4.78 is 17.5. The number of hydrogen-bond acceptors (Lipinski definition) is 6. The number of anilines is 2. The van der Waals surface area contributed by atoms with Crippen LogP contribution in [0.15, 0.2) is 36.7 Å². The van der Waals surface area contributed by atoms with E-state index < -0.39 is 0 Å². The van der Waals surface area contributed by atoms with Crippen LogP contribution in [-0.4, -0.2) is 48.3 Å². The minimum atomic E-state index is -0.106. The number of halogens is 1. The summed E-state index contributed by atoms with van der Waals surface area (Å²) in [5.74, 6) is 1.29. The first-order valence-corrected chi connectivity index (χ1v) is 12.1. The molecule has 3 unspecified atom stereocenters. The number of aromatic nitrogens is 2. The SMILES string of the molecule is COc1c(Cl)cccc1Nc1c(-c2ccncc2OCC2OCC2(C)C)[nH]c2c1C(=O)NC1CC21. The van der Waals surface area contributed by atoms with E-state index in [1.54, 1.807) is 25.6 Å². The Morgan fingerprint density at radius 1 is 1.31 bits per heavy atom. The van der Waals surface area contributed by atoms with Gasteiger partial charge in [-0.15, -0.1) is 0 Å². The second kappa shape index (κ2) is 8.17. The van der Waals surface area contributed by atoms with Crippen LogP contribution >= 0.6 is 11.6 Å². The standard InChI is InChI=1S/C26H27ClN4O4/c1-26(2)12-35-19(26)11-34-18-10-28-8-7-13(18)22-23(29-16-6-4-5-15(27)24(16)33-3)20-21(31-22)14-9-17(14)30-25(20)32/h4-8,10,14,17,19,29,31H,9,11-12H2,1-3H3,(H,30,32). The molecule has 6 rings (SSSR count). The molecule has 2 aliphatic heterocycles. The van der Waals surface area contributed by atoms with Gasteiger partial charge in [0.05, 0.1) is 53.7 Å². The van der Waals surface area contributed by atoms with Crippen LogP contribution in [0, 0.1) is 5.41 Å². The lowest BCUT2D eigenvalue weighted by atomic mass is 9.83. The molecule has 1 aliphatic carbocycles. The van der Waals surface area contributed by atoms with E-state index in [0.29, 0.717) is 40.1 Å². The molecular formula is C26H27ClN4O4. The van der Waals surface area contributed by atoms with Crippen LogP contribution < -0.4 is 20.1 Å². The fourth-order valence-corrected chi connectivity index (χ4v) is 5.15. The highest BCUT2D eigenvalue weighted by Crippen LogP contribution is 2.51. The molecule has 1 aromatic carbocycles. The molecule has 3 aliphatic rings. The zero-order valence-corrected chi connectivity index (χ0v) is 20.5. The van der Waals surface area contributed by atoms with E-state index in [2.05, 4.69) is 34.4 Å². The summed E-state index contributed by atoms with van der Waals surface area (Å²) in [6.07, 6.45) is 4.35. The predicted octanol–water partition coefficient (Wildman–Crippen LogP) is 4.89. The van der Waals surface area contributed by atoms with Crippen molar-refractivity contribution in [2.45, 2.75) is 38.3 Å². The largest absolute Gasteiger partial charge is 0.493 e. The average Bonchev–Trinajstić information content (AvgIpc) is 3.51. The van der Waals surface area contributed by atoms with Gasteiger partial charge in [-0.05, 0) is 24.6 Å². The zero-order chi connectivity index (χ0) is 24.3. The van der Waals surface area contributed by atoms with Gasteiger partial charge in [-0.3, -0.25) is 9.78 Å². The number of H-pyrrole nitrogens is 1. The Balaban J connectivity index is 1.43. The van der Waals surface area contributed by atoms with Crippen LogP contribution in [0.3, 0.4) is 0 Å². The van der Waals surface area contributed by atoms with Crippen molar-refractivity contribution in [1.29, 1.82) is 0 Å². The molecule has 2 fully saturated rings. The first kappa shape index (κ1) is 22.2. The van der Waals surface area contributed by atoms with Crippen LogP contribution in [0.2, 0.25) is 5.02 Å². The Morgan fingerprint density at radius 2 is 2.17 bits per heavy atom. The quantitative estimate of drug-likeness (QED) is 0.433. The lowest BCUT2D eigenvalue weighted by molar-refractivity contribution is -0.180.